The van der Waals surface area contributed by atoms with Crippen LogP contribution in [0.4, 0.5) is 0 Å². The lowest BCUT2D eigenvalue weighted by Crippen LogP contribution is -2.34. The van der Waals surface area contributed by atoms with Crippen LogP contribution in [0.3, 0.4) is 0 Å². The number of rotatable bonds is 6. The monoisotopic (exact) mass is 250 g/mol. The average Bonchev–Trinajstić information content (AvgIpc) is 2.27. The summed E-state index contributed by atoms with van der Waals surface area (Å²) >= 11 is 0. The molecule has 102 valence electrons. The Bertz CT molecular complexity index is 375. The number of hydrogen-bond donors (Lipinski definition) is 1. The van der Waals surface area contributed by atoms with E-state index in [1.807, 2.05) is 20.2 Å². The lowest BCUT2D eigenvalue weighted by atomic mass is 9.97. The van der Waals surface area contributed by atoms with Gasteiger partial charge in [-0.2, -0.15) is 0 Å². The fourth-order valence-corrected chi connectivity index (χ4v) is 2.20. The molecule has 0 bridgehead atoms. The van der Waals surface area contributed by atoms with E-state index < -0.39 is 0 Å². The average molecular weight is 250 g/mol. The summed E-state index contributed by atoms with van der Waals surface area (Å²) in [6, 6.07) is 6.56. The highest BCUT2D eigenvalue weighted by Crippen LogP contribution is 2.27. The maximum atomic E-state index is 6.13. The van der Waals surface area contributed by atoms with Crippen molar-refractivity contribution in [2.45, 2.75) is 32.2 Å². The standard InChI is InChI=1S/C15H26N2O/c1-11(2)14-9-12(6-7-15(14)18-5)8-13(16)10-17(3)4/h6-7,9,11,13H,8,10,16H2,1-5H3. The van der Waals surface area contributed by atoms with E-state index in [0.29, 0.717) is 5.92 Å². The van der Waals surface area contributed by atoms with Crippen LogP contribution in [0.5, 0.6) is 5.75 Å². The summed E-state index contributed by atoms with van der Waals surface area (Å²) in [6.07, 6.45) is 0.905. The Morgan fingerprint density at radius 3 is 2.44 bits per heavy atom. The first-order valence-electron chi connectivity index (χ1n) is 6.51. The van der Waals surface area contributed by atoms with Gasteiger partial charge in [-0.1, -0.05) is 26.0 Å². The van der Waals surface area contributed by atoms with E-state index >= 15 is 0 Å². The minimum atomic E-state index is 0.174. The molecule has 1 unspecified atom stereocenters. The molecule has 3 heteroatoms. The van der Waals surface area contributed by atoms with Crippen LogP contribution < -0.4 is 10.5 Å². The largest absolute Gasteiger partial charge is 0.496 e. The van der Waals surface area contributed by atoms with E-state index in [2.05, 4.69) is 30.9 Å². The topological polar surface area (TPSA) is 38.5 Å². The van der Waals surface area contributed by atoms with Crippen LogP contribution in [0.15, 0.2) is 18.2 Å². The Morgan fingerprint density at radius 2 is 1.94 bits per heavy atom. The molecule has 3 nitrogen and oxygen atoms in total. The van der Waals surface area contributed by atoms with Gasteiger partial charge in [-0.05, 0) is 43.6 Å². The lowest BCUT2D eigenvalue weighted by Gasteiger charge is -2.18. The normalized spacial score (nSPS) is 13.1. The number of ether oxygens (including phenoxy) is 1. The van der Waals surface area contributed by atoms with Gasteiger partial charge in [0.15, 0.2) is 0 Å². The number of nitrogens with two attached hydrogens (primary N) is 1. The molecule has 0 heterocycles. The maximum absolute atomic E-state index is 6.13. The van der Waals surface area contributed by atoms with Crippen molar-refractivity contribution < 1.29 is 4.74 Å². The van der Waals surface area contributed by atoms with Gasteiger partial charge in [0.05, 0.1) is 7.11 Å². The van der Waals surface area contributed by atoms with Gasteiger partial charge in [-0.25, -0.2) is 0 Å². The molecule has 0 aliphatic carbocycles. The molecule has 2 N–H and O–H groups in total. The Balaban J connectivity index is 2.81. The van der Waals surface area contributed by atoms with Crippen molar-refractivity contribution in [1.82, 2.24) is 4.90 Å². The van der Waals surface area contributed by atoms with Crippen LogP contribution in [0.25, 0.3) is 0 Å². The van der Waals surface area contributed by atoms with Gasteiger partial charge < -0.3 is 15.4 Å². The Kier molecular flexibility index (Phi) is 5.63. The predicted molar refractivity (Wildman–Crippen MR) is 77.3 cm³/mol. The van der Waals surface area contributed by atoms with Crippen molar-refractivity contribution >= 4 is 0 Å². The molecule has 0 amide bonds. The van der Waals surface area contributed by atoms with E-state index in [0.717, 1.165) is 18.7 Å². The molecule has 0 aromatic heterocycles. The number of hydrogen-bond acceptors (Lipinski definition) is 3. The fourth-order valence-electron chi connectivity index (χ4n) is 2.20. The minimum absolute atomic E-state index is 0.174. The summed E-state index contributed by atoms with van der Waals surface area (Å²) in [5.41, 5.74) is 8.67. The van der Waals surface area contributed by atoms with E-state index in [4.69, 9.17) is 10.5 Å². The Hall–Kier alpha value is -1.06. The number of likely N-dealkylation sites (N-methyl/N-ethyl adjacent to an activating group) is 1. The third kappa shape index (κ3) is 4.31. The molecule has 0 aliphatic heterocycles. The molecule has 0 saturated heterocycles. The zero-order valence-electron chi connectivity index (χ0n) is 12.2. The van der Waals surface area contributed by atoms with Gasteiger partial charge in [-0.15, -0.1) is 0 Å². The zero-order valence-corrected chi connectivity index (χ0v) is 12.2. The summed E-state index contributed by atoms with van der Waals surface area (Å²) in [7, 11) is 5.82. The van der Waals surface area contributed by atoms with Crippen LogP contribution in [-0.4, -0.2) is 38.7 Å². The number of nitrogens with zero attached hydrogens (tertiary/aromatic N) is 1. The van der Waals surface area contributed by atoms with E-state index in [9.17, 15) is 0 Å². The lowest BCUT2D eigenvalue weighted by molar-refractivity contribution is 0.371. The van der Waals surface area contributed by atoms with Gasteiger partial charge in [-0.3, -0.25) is 0 Å². The van der Waals surface area contributed by atoms with Gasteiger partial charge in [0.1, 0.15) is 5.75 Å². The van der Waals surface area contributed by atoms with E-state index in [1.54, 1.807) is 7.11 Å². The van der Waals surface area contributed by atoms with Crippen LogP contribution in [0.2, 0.25) is 0 Å². The third-order valence-electron chi connectivity index (χ3n) is 3.01. The highest BCUT2D eigenvalue weighted by atomic mass is 16.5. The first-order chi connectivity index (χ1) is 8.43. The summed E-state index contributed by atoms with van der Waals surface area (Å²) in [5, 5.41) is 0. The SMILES string of the molecule is COc1ccc(CC(N)CN(C)C)cc1C(C)C. The molecule has 0 saturated carbocycles. The predicted octanol–water partition coefficient (Wildman–Crippen LogP) is 2.25. The molecular formula is C15H26N2O. The zero-order chi connectivity index (χ0) is 13.7. The smallest absolute Gasteiger partial charge is 0.122 e. The second kappa shape index (κ2) is 6.76. The number of benzene rings is 1. The van der Waals surface area contributed by atoms with Gasteiger partial charge in [0.2, 0.25) is 0 Å². The maximum Gasteiger partial charge on any atom is 0.122 e. The second-order valence-electron chi connectivity index (χ2n) is 5.46. The molecule has 18 heavy (non-hydrogen) atoms. The molecule has 1 aromatic rings. The van der Waals surface area contributed by atoms with Crippen molar-refractivity contribution in [2.24, 2.45) is 5.73 Å². The molecule has 0 aliphatic rings. The van der Waals surface area contributed by atoms with Crippen LogP contribution >= 0.6 is 0 Å². The van der Waals surface area contributed by atoms with Crippen molar-refractivity contribution in [1.29, 1.82) is 0 Å². The summed E-state index contributed by atoms with van der Waals surface area (Å²) in [5.74, 6) is 1.43. The van der Waals surface area contributed by atoms with Gasteiger partial charge in [0.25, 0.3) is 0 Å². The Morgan fingerprint density at radius 1 is 1.28 bits per heavy atom. The third-order valence-corrected chi connectivity index (χ3v) is 3.01. The minimum Gasteiger partial charge on any atom is -0.496 e. The highest BCUT2D eigenvalue weighted by Gasteiger charge is 2.11. The van der Waals surface area contributed by atoms with Crippen LogP contribution in [0.1, 0.15) is 30.9 Å². The summed E-state index contributed by atoms with van der Waals surface area (Å²) in [4.78, 5) is 2.12. The fraction of sp³-hybridized carbons (Fsp3) is 0.600. The summed E-state index contributed by atoms with van der Waals surface area (Å²) in [6.45, 7) is 5.27. The first kappa shape index (κ1) is 15.0. The molecular weight excluding hydrogens is 224 g/mol. The molecule has 1 aromatic carbocycles. The quantitative estimate of drug-likeness (QED) is 0.841. The van der Waals surface area contributed by atoms with E-state index in [1.165, 1.54) is 11.1 Å². The summed E-state index contributed by atoms with van der Waals surface area (Å²) < 4.78 is 5.39. The Labute approximate surface area is 111 Å². The number of methoxy groups -OCH3 is 1. The van der Waals surface area contributed by atoms with Gasteiger partial charge in [0, 0.05) is 12.6 Å². The van der Waals surface area contributed by atoms with Crippen LogP contribution in [-0.2, 0) is 6.42 Å². The second-order valence-corrected chi connectivity index (χ2v) is 5.46. The molecule has 1 rings (SSSR count). The van der Waals surface area contributed by atoms with Crippen molar-refractivity contribution in [2.75, 3.05) is 27.7 Å². The first-order valence-corrected chi connectivity index (χ1v) is 6.51. The molecule has 1 atom stereocenters. The van der Waals surface area contributed by atoms with E-state index in [-0.39, 0.29) is 6.04 Å². The van der Waals surface area contributed by atoms with Crippen molar-refractivity contribution in [3.05, 3.63) is 29.3 Å². The van der Waals surface area contributed by atoms with Crippen molar-refractivity contribution in [3.63, 3.8) is 0 Å². The van der Waals surface area contributed by atoms with Crippen LogP contribution in [0, 0.1) is 0 Å². The van der Waals surface area contributed by atoms with Gasteiger partial charge >= 0.3 is 0 Å². The van der Waals surface area contributed by atoms with Crippen molar-refractivity contribution in [3.8, 4) is 5.75 Å². The molecule has 0 radical (unpaired) electrons. The highest BCUT2D eigenvalue weighted by molar-refractivity contribution is 5.39. The molecule has 0 fully saturated rings. The molecule has 0 spiro atoms.